The van der Waals surface area contributed by atoms with Crippen molar-refractivity contribution in [1.29, 1.82) is 0 Å². The molecule has 0 aromatic heterocycles. The van der Waals surface area contributed by atoms with E-state index in [9.17, 15) is 13.2 Å². The molecule has 0 unspecified atom stereocenters. The third-order valence-electron chi connectivity index (χ3n) is 2.85. The van der Waals surface area contributed by atoms with Crippen LogP contribution < -0.4 is 0 Å². The monoisotopic (exact) mass is 347 g/mol. The number of halogens is 4. The van der Waals surface area contributed by atoms with Crippen molar-refractivity contribution in [2.24, 2.45) is 0 Å². The van der Waals surface area contributed by atoms with Crippen LogP contribution >= 0.6 is 24.2 Å². The predicted molar refractivity (Wildman–Crippen MR) is 86.6 cm³/mol. The molecule has 0 fully saturated rings. The zero-order valence-electron chi connectivity index (χ0n) is 12.2. The van der Waals surface area contributed by atoms with Crippen LogP contribution in [0, 0.1) is 0 Å². The second kappa shape index (κ2) is 7.90. The molecule has 2 rings (SSSR count). The first-order valence-electron chi connectivity index (χ1n) is 6.44. The Morgan fingerprint density at radius 3 is 2.32 bits per heavy atom. The topological polar surface area (TPSA) is 3.24 Å². The van der Waals surface area contributed by atoms with Gasteiger partial charge in [0.25, 0.3) is 0 Å². The first kappa shape index (κ1) is 18.9. The molecule has 120 valence electrons. The third kappa shape index (κ3) is 5.23. The molecule has 22 heavy (non-hydrogen) atoms. The van der Waals surface area contributed by atoms with Crippen LogP contribution in [0.5, 0.6) is 0 Å². The molecule has 0 aliphatic rings. The Morgan fingerprint density at radius 1 is 1.00 bits per heavy atom. The second-order valence-electron chi connectivity index (χ2n) is 4.97. The van der Waals surface area contributed by atoms with Crippen molar-refractivity contribution in [3.63, 3.8) is 0 Å². The van der Waals surface area contributed by atoms with E-state index in [4.69, 9.17) is 0 Å². The van der Waals surface area contributed by atoms with Crippen LogP contribution in [0.1, 0.15) is 11.1 Å². The zero-order valence-corrected chi connectivity index (χ0v) is 13.9. The van der Waals surface area contributed by atoms with E-state index < -0.39 is 11.7 Å². The Morgan fingerprint density at radius 2 is 1.68 bits per heavy atom. The minimum atomic E-state index is -4.31. The van der Waals surface area contributed by atoms with E-state index in [1.807, 2.05) is 43.3 Å². The summed E-state index contributed by atoms with van der Waals surface area (Å²) in [5.41, 5.74) is 0.488. The van der Waals surface area contributed by atoms with Gasteiger partial charge in [0.2, 0.25) is 0 Å². The number of hydrogen-bond acceptors (Lipinski definition) is 2. The van der Waals surface area contributed by atoms with E-state index in [2.05, 4.69) is 0 Å². The lowest BCUT2D eigenvalue weighted by molar-refractivity contribution is -0.137. The van der Waals surface area contributed by atoms with Gasteiger partial charge >= 0.3 is 6.18 Å². The fourth-order valence-corrected chi connectivity index (χ4v) is 2.93. The molecule has 0 aliphatic carbocycles. The molecule has 0 atom stereocenters. The average molecular weight is 348 g/mol. The van der Waals surface area contributed by atoms with Gasteiger partial charge in [-0.2, -0.15) is 13.2 Å². The highest BCUT2D eigenvalue weighted by Crippen LogP contribution is 2.35. The maximum absolute atomic E-state index is 12.7. The third-order valence-corrected chi connectivity index (χ3v) is 3.96. The Hall–Kier alpha value is -1.17. The summed E-state index contributed by atoms with van der Waals surface area (Å²) < 4.78 is 38.2. The Bertz CT molecular complexity index is 614. The van der Waals surface area contributed by atoms with Crippen LogP contribution in [-0.4, -0.2) is 19.0 Å². The standard InChI is InChI=1S/C16H16F3NS.ClH/c1-20(2)11-12-6-3-4-9-15(12)21-14-8-5-7-13(10-14)16(17,18)19;/h3-10H,11H2,1-2H3;1H. The van der Waals surface area contributed by atoms with E-state index in [1.54, 1.807) is 6.07 Å². The van der Waals surface area contributed by atoms with Gasteiger partial charge in [0, 0.05) is 16.3 Å². The number of nitrogens with zero attached hydrogens (tertiary/aromatic N) is 1. The van der Waals surface area contributed by atoms with Gasteiger partial charge in [-0.15, -0.1) is 12.4 Å². The molecule has 0 radical (unpaired) electrons. The van der Waals surface area contributed by atoms with Crippen LogP contribution in [0.15, 0.2) is 58.3 Å². The van der Waals surface area contributed by atoms with Crippen LogP contribution in [0.25, 0.3) is 0 Å². The summed E-state index contributed by atoms with van der Waals surface area (Å²) >= 11 is 1.36. The molecule has 2 aromatic carbocycles. The van der Waals surface area contributed by atoms with Gasteiger partial charge in [0.15, 0.2) is 0 Å². The van der Waals surface area contributed by atoms with Crippen LogP contribution in [0.4, 0.5) is 13.2 Å². The SMILES string of the molecule is CN(C)Cc1ccccc1Sc1cccc(C(F)(F)F)c1.Cl. The van der Waals surface area contributed by atoms with Crippen molar-refractivity contribution in [2.75, 3.05) is 14.1 Å². The highest BCUT2D eigenvalue weighted by atomic mass is 35.5. The summed E-state index contributed by atoms with van der Waals surface area (Å²) in [6.45, 7) is 0.752. The maximum atomic E-state index is 12.7. The van der Waals surface area contributed by atoms with Gasteiger partial charge in [-0.1, -0.05) is 36.0 Å². The molecule has 0 aliphatic heterocycles. The maximum Gasteiger partial charge on any atom is 0.416 e. The lowest BCUT2D eigenvalue weighted by Crippen LogP contribution is -2.11. The molecule has 0 heterocycles. The van der Waals surface area contributed by atoms with Gasteiger partial charge in [-0.05, 0) is 43.9 Å². The van der Waals surface area contributed by atoms with Crippen molar-refractivity contribution in [3.8, 4) is 0 Å². The number of rotatable bonds is 4. The van der Waals surface area contributed by atoms with Crippen molar-refractivity contribution in [3.05, 3.63) is 59.7 Å². The molecule has 0 bridgehead atoms. The molecular formula is C16H17ClF3NS. The average Bonchev–Trinajstić information content (AvgIpc) is 2.40. The lowest BCUT2D eigenvalue weighted by atomic mass is 10.2. The molecule has 0 N–H and O–H groups in total. The molecule has 1 nitrogen and oxygen atoms in total. The van der Waals surface area contributed by atoms with E-state index in [1.165, 1.54) is 23.9 Å². The molecule has 6 heteroatoms. The quantitative estimate of drug-likeness (QED) is 0.734. The van der Waals surface area contributed by atoms with E-state index >= 15 is 0 Å². The van der Waals surface area contributed by atoms with E-state index in [0.717, 1.165) is 23.1 Å². The summed E-state index contributed by atoms with van der Waals surface area (Å²) in [4.78, 5) is 3.60. The minimum Gasteiger partial charge on any atom is -0.305 e. The van der Waals surface area contributed by atoms with Crippen LogP contribution in [0.2, 0.25) is 0 Å². The molecule has 0 saturated carbocycles. The fraction of sp³-hybridized carbons (Fsp3) is 0.250. The van der Waals surface area contributed by atoms with E-state index in [0.29, 0.717) is 4.90 Å². The second-order valence-corrected chi connectivity index (χ2v) is 6.09. The summed E-state index contributed by atoms with van der Waals surface area (Å²) in [5.74, 6) is 0. The Balaban J connectivity index is 0.00000242. The number of benzene rings is 2. The highest BCUT2D eigenvalue weighted by Gasteiger charge is 2.30. The summed E-state index contributed by atoms with van der Waals surface area (Å²) in [6, 6.07) is 13.2. The first-order valence-corrected chi connectivity index (χ1v) is 7.25. The van der Waals surface area contributed by atoms with Gasteiger partial charge in [0.05, 0.1) is 5.56 Å². The summed E-state index contributed by atoms with van der Waals surface area (Å²) in [6.07, 6.45) is -4.31. The number of hydrogen-bond donors (Lipinski definition) is 0. The van der Waals surface area contributed by atoms with Crippen LogP contribution in [-0.2, 0) is 12.7 Å². The van der Waals surface area contributed by atoms with Crippen LogP contribution in [0.3, 0.4) is 0 Å². The summed E-state index contributed by atoms with van der Waals surface area (Å²) in [7, 11) is 3.93. The molecular weight excluding hydrogens is 331 g/mol. The molecule has 2 aromatic rings. The molecule has 0 spiro atoms. The van der Waals surface area contributed by atoms with E-state index in [-0.39, 0.29) is 12.4 Å². The summed E-state index contributed by atoms with van der Waals surface area (Å²) in [5, 5.41) is 0. The first-order chi connectivity index (χ1) is 9.86. The minimum absolute atomic E-state index is 0. The largest absolute Gasteiger partial charge is 0.416 e. The lowest BCUT2D eigenvalue weighted by Gasteiger charge is -2.14. The number of alkyl halides is 3. The smallest absolute Gasteiger partial charge is 0.305 e. The van der Waals surface area contributed by atoms with Crippen molar-refractivity contribution in [1.82, 2.24) is 4.90 Å². The van der Waals surface area contributed by atoms with Crippen molar-refractivity contribution >= 4 is 24.2 Å². The van der Waals surface area contributed by atoms with Crippen molar-refractivity contribution in [2.45, 2.75) is 22.5 Å². The predicted octanol–water partition coefficient (Wildman–Crippen LogP) is 5.34. The highest BCUT2D eigenvalue weighted by molar-refractivity contribution is 7.99. The van der Waals surface area contributed by atoms with Gasteiger partial charge < -0.3 is 4.90 Å². The van der Waals surface area contributed by atoms with Gasteiger partial charge in [-0.25, -0.2) is 0 Å². The normalized spacial score (nSPS) is 11.4. The zero-order chi connectivity index (χ0) is 15.5. The van der Waals surface area contributed by atoms with Gasteiger partial charge in [0.1, 0.15) is 0 Å². The Labute approximate surface area is 138 Å². The molecule has 0 saturated heterocycles. The fourth-order valence-electron chi connectivity index (χ4n) is 1.94. The Kier molecular flexibility index (Phi) is 6.78. The van der Waals surface area contributed by atoms with Crippen molar-refractivity contribution < 1.29 is 13.2 Å². The molecule has 0 amide bonds. The van der Waals surface area contributed by atoms with Gasteiger partial charge in [-0.3, -0.25) is 0 Å².